The summed E-state index contributed by atoms with van der Waals surface area (Å²) in [7, 11) is -3.88. The second-order valence-electron chi connectivity index (χ2n) is 6.39. The lowest BCUT2D eigenvalue weighted by molar-refractivity contribution is -0.121. The van der Waals surface area contributed by atoms with Crippen LogP contribution in [0.1, 0.15) is 11.1 Å². The molecule has 0 atom stereocenters. The van der Waals surface area contributed by atoms with Crippen molar-refractivity contribution in [2.75, 3.05) is 6.54 Å². The first-order valence-electron chi connectivity index (χ1n) is 9.12. The standard InChI is InChI=1S/C22H20ClN3O3S/c23-21-14-8-7-11-19(21)15-24-25-22(27)17-26(16-18-9-3-1-4-10-18)30(28,29)20-12-5-2-6-13-20/h1-15H,16-17H2,(H,25,27)/b24-15-. The molecule has 0 aliphatic carbocycles. The number of hydrazone groups is 1. The number of nitrogens with one attached hydrogen (secondary N) is 1. The molecule has 0 saturated heterocycles. The Labute approximate surface area is 180 Å². The fraction of sp³-hybridized carbons (Fsp3) is 0.0909. The first-order valence-corrected chi connectivity index (χ1v) is 10.9. The minimum atomic E-state index is -3.88. The van der Waals surface area contributed by atoms with Gasteiger partial charge in [0.05, 0.1) is 17.7 Å². The van der Waals surface area contributed by atoms with Gasteiger partial charge < -0.3 is 0 Å². The van der Waals surface area contributed by atoms with Crippen molar-refractivity contribution in [3.8, 4) is 0 Å². The minimum absolute atomic E-state index is 0.0553. The molecule has 30 heavy (non-hydrogen) atoms. The number of hydrogen-bond donors (Lipinski definition) is 1. The van der Waals surface area contributed by atoms with E-state index in [0.717, 1.165) is 9.87 Å². The Morgan fingerprint density at radius 3 is 2.20 bits per heavy atom. The highest BCUT2D eigenvalue weighted by molar-refractivity contribution is 7.89. The topological polar surface area (TPSA) is 78.8 Å². The number of hydrogen-bond acceptors (Lipinski definition) is 4. The third-order valence-electron chi connectivity index (χ3n) is 4.20. The molecule has 3 rings (SSSR count). The van der Waals surface area contributed by atoms with Crippen molar-refractivity contribution in [2.24, 2.45) is 5.10 Å². The van der Waals surface area contributed by atoms with Gasteiger partial charge in [0.2, 0.25) is 10.0 Å². The molecule has 0 unspecified atom stereocenters. The van der Waals surface area contributed by atoms with Crippen LogP contribution in [0, 0.1) is 0 Å². The highest BCUT2D eigenvalue weighted by Crippen LogP contribution is 2.18. The van der Waals surface area contributed by atoms with E-state index < -0.39 is 15.9 Å². The molecule has 154 valence electrons. The first-order chi connectivity index (χ1) is 14.5. The number of carbonyl (C=O) groups is 1. The van der Waals surface area contributed by atoms with Crippen molar-refractivity contribution in [2.45, 2.75) is 11.4 Å². The summed E-state index contributed by atoms with van der Waals surface area (Å²) < 4.78 is 27.3. The van der Waals surface area contributed by atoms with Crippen LogP contribution in [0.25, 0.3) is 0 Å². The van der Waals surface area contributed by atoms with Crippen LogP contribution in [0.4, 0.5) is 0 Å². The van der Waals surface area contributed by atoms with Crippen LogP contribution in [0.15, 0.2) is 94.9 Å². The Bertz CT molecular complexity index is 1120. The minimum Gasteiger partial charge on any atom is -0.272 e. The molecule has 0 radical (unpaired) electrons. The van der Waals surface area contributed by atoms with E-state index in [1.165, 1.54) is 18.3 Å². The SMILES string of the molecule is O=C(CN(Cc1ccccc1)S(=O)(=O)c1ccccc1)N/N=C\c1ccccc1Cl. The maximum atomic E-state index is 13.1. The Morgan fingerprint density at radius 1 is 0.933 bits per heavy atom. The molecule has 0 heterocycles. The zero-order valence-electron chi connectivity index (χ0n) is 16.0. The fourth-order valence-electron chi connectivity index (χ4n) is 2.70. The summed E-state index contributed by atoms with van der Waals surface area (Å²) in [6.07, 6.45) is 1.41. The number of nitrogens with zero attached hydrogens (tertiary/aromatic N) is 2. The molecule has 1 amide bonds. The van der Waals surface area contributed by atoms with Gasteiger partial charge in [-0.05, 0) is 23.8 Å². The van der Waals surface area contributed by atoms with Gasteiger partial charge in [0.15, 0.2) is 0 Å². The third-order valence-corrected chi connectivity index (χ3v) is 6.35. The van der Waals surface area contributed by atoms with E-state index >= 15 is 0 Å². The second-order valence-corrected chi connectivity index (χ2v) is 8.73. The molecule has 0 aliphatic rings. The number of rotatable bonds is 8. The van der Waals surface area contributed by atoms with E-state index in [9.17, 15) is 13.2 Å². The van der Waals surface area contributed by atoms with Gasteiger partial charge >= 0.3 is 0 Å². The zero-order chi connectivity index (χ0) is 21.4. The van der Waals surface area contributed by atoms with Gasteiger partial charge in [-0.1, -0.05) is 78.3 Å². The number of benzene rings is 3. The van der Waals surface area contributed by atoms with Crippen LogP contribution in [-0.4, -0.2) is 31.4 Å². The molecule has 1 N–H and O–H groups in total. The smallest absolute Gasteiger partial charge is 0.255 e. The molecule has 0 aliphatic heterocycles. The predicted molar refractivity (Wildman–Crippen MR) is 118 cm³/mol. The Morgan fingerprint density at radius 2 is 1.53 bits per heavy atom. The van der Waals surface area contributed by atoms with Crippen molar-refractivity contribution in [1.82, 2.24) is 9.73 Å². The largest absolute Gasteiger partial charge is 0.272 e. The average Bonchev–Trinajstić information content (AvgIpc) is 2.76. The van der Waals surface area contributed by atoms with Crippen molar-refractivity contribution in [3.05, 3.63) is 101 Å². The Hall–Kier alpha value is -3.00. The zero-order valence-corrected chi connectivity index (χ0v) is 17.6. The lowest BCUT2D eigenvalue weighted by Gasteiger charge is -2.21. The molecule has 8 heteroatoms. The van der Waals surface area contributed by atoms with Crippen LogP contribution in [0.5, 0.6) is 0 Å². The maximum absolute atomic E-state index is 13.1. The molecule has 3 aromatic carbocycles. The monoisotopic (exact) mass is 441 g/mol. The van der Waals surface area contributed by atoms with Crippen molar-refractivity contribution < 1.29 is 13.2 Å². The summed E-state index contributed by atoms with van der Waals surface area (Å²) in [6.45, 7) is -0.328. The van der Waals surface area contributed by atoms with Gasteiger partial charge in [-0.2, -0.15) is 9.41 Å². The summed E-state index contributed by atoms with van der Waals surface area (Å²) in [5.41, 5.74) is 3.77. The molecule has 0 bridgehead atoms. The number of halogens is 1. The van der Waals surface area contributed by atoms with Crippen LogP contribution in [0.3, 0.4) is 0 Å². The van der Waals surface area contributed by atoms with E-state index in [0.29, 0.717) is 10.6 Å². The average molecular weight is 442 g/mol. The van der Waals surface area contributed by atoms with E-state index in [1.54, 1.807) is 54.6 Å². The molecular formula is C22H20ClN3O3S. The number of sulfonamides is 1. The predicted octanol–water partition coefficient (Wildman–Crippen LogP) is 3.68. The van der Waals surface area contributed by atoms with Gasteiger partial charge in [0.1, 0.15) is 0 Å². The van der Waals surface area contributed by atoms with Crippen LogP contribution in [0.2, 0.25) is 5.02 Å². The van der Waals surface area contributed by atoms with E-state index in [2.05, 4.69) is 10.5 Å². The summed E-state index contributed by atoms with van der Waals surface area (Å²) in [4.78, 5) is 12.6. The normalized spacial score (nSPS) is 11.7. The van der Waals surface area contributed by atoms with Crippen LogP contribution < -0.4 is 5.43 Å². The van der Waals surface area contributed by atoms with Gasteiger partial charge in [0, 0.05) is 17.1 Å². The van der Waals surface area contributed by atoms with Gasteiger partial charge in [0.25, 0.3) is 5.91 Å². The second kappa shape index (κ2) is 10.2. The molecule has 0 saturated carbocycles. The highest BCUT2D eigenvalue weighted by Gasteiger charge is 2.26. The Kier molecular flexibility index (Phi) is 7.35. The van der Waals surface area contributed by atoms with Gasteiger partial charge in [-0.15, -0.1) is 0 Å². The van der Waals surface area contributed by atoms with Crippen molar-refractivity contribution >= 4 is 33.7 Å². The third kappa shape index (κ3) is 5.76. The molecule has 0 fully saturated rings. The lowest BCUT2D eigenvalue weighted by atomic mass is 10.2. The highest BCUT2D eigenvalue weighted by atomic mass is 35.5. The van der Waals surface area contributed by atoms with Gasteiger partial charge in [-0.25, -0.2) is 13.8 Å². The first kappa shape index (κ1) is 21.7. The number of amides is 1. The van der Waals surface area contributed by atoms with E-state index in [1.807, 2.05) is 18.2 Å². The maximum Gasteiger partial charge on any atom is 0.255 e. The molecule has 3 aromatic rings. The van der Waals surface area contributed by atoms with Crippen molar-refractivity contribution in [3.63, 3.8) is 0 Å². The molecule has 0 spiro atoms. The van der Waals surface area contributed by atoms with E-state index in [4.69, 9.17) is 11.6 Å². The molecule has 6 nitrogen and oxygen atoms in total. The summed E-state index contributed by atoms with van der Waals surface area (Å²) >= 11 is 6.05. The number of carbonyl (C=O) groups excluding carboxylic acids is 1. The lowest BCUT2D eigenvalue weighted by Crippen LogP contribution is -2.39. The molecule has 0 aromatic heterocycles. The van der Waals surface area contributed by atoms with Crippen LogP contribution >= 0.6 is 11.6 Å². The van der Waals surface area contributed by atoms with Crippen molar-refractivity contribution in [1.29, 1.82) is 0 Å². The quantitative estimate of drug-likeness (QED) is 0.427. The molecular weight excluding hydrogens is 422 g/mol. The summed E-state index contributed by atoms with van der Waals surface area (Å²) in [5.74, 6) is -0.561. The van der Waals surface area contributed by atoms with E-state index in [-0.39, 0.29) is 18.0 Å². The summed E-state index contributed by atoms with van der Waals surface area (Å²) in [6, 6.07) is 24.1. The fourth-order valence-corrected chi connectivity index (χ4v) is 4.29. The van der Waals surface area contributed by atoms with Crippen LogP contribution in [-0.2, 0) is 21.4 Å². The summed E-state index contributed by atoms with van der Waals surface area (Å²) in [5, 5.41) is 4.38. The van der Waals surface area contributed by atoms with Gasteiger partial charge in [-0.3, -0.25) is 4.79 Å². The Balaban J connectivity index is 1.76.